The van der Waals surface area contributed by atoms with Crippen LogP contribution in [0.5, 0.6) is 0 Å². The van der Waals surface area contributed by atoms with Gasteiger partial charge in [-0.3, -0.25) is 9.59 Å². The Hall–Kier alpha value is -0.301. The number of hydrogen-bond acceptors (Lipinski definition) is 5. The molecule has 268 valence electrons. The summed E-state index contributed by atoms with van der Waals surface area (Å²) in [4.78, 5) is 24.2. The summed E-state index contributed by atoms with van der Waals surface area (Å²) in [7, 11) is 0. The molecule has 0 heterocycles. The van der Waals surface area contributed by atoms with Gasteiger partial charge in [-0.1, -0.05) is 194 Å². The average Bonchev–Trinajstić information content (AvgIpc) is 3.02. The minimum atomic E-state index is -0.760. The summed E-state index contributed by atoms with van der Waals surface area (Å²) in [5.74, 6) is -0.575. The number of carbonyl (C=O) groups excluding carboxylic acids is 2. The van der Waals surface area contributed by atoms with Gasteiger partial charge in [-0.2, -0.15) is 0 Å². The van der Waals surface area contributed by atoms with Gasteiger partial charge in [-0.05, 0) is 12.8 Å². The molecule has 0 aliphatic heterocycles. The van der Waals surface area contributed by atoms with Gasteiger partial charge in [-0.15, -0.1) is 0 Å². The van der Waals surface area contributed by atoms with Crippen molar-refractivity contribution in [2.75, 3.05) is 13.2 Å². The summed E-state index contributed by atoms with van der Waals surface area (Å²) in [5, 5.41) is 9.54. The van der Waals surface area contributed by atoms with Gasteiger partial charge in [0.05, 0.1) is 6.61 Å². The normalized spacial score (nSPS) is 11.7. The Kier molecular flexibility index (Phi) is 41.5. The molecule has 1 atom stereocenters. The Balaban J connectivity index is 0. The molecule has 0 rings (SSSR count). The predicted octanol–water partition coefficient (Wildman–Crippen LogP) is 11.0. The Morgan fingerprint density at radius 3 is 1.00 bits per heavy atom. The maximum absolute atomic E-state index is 12.1. The molecule has 0 bridgehead atoms. The Morgan fingerprint density at radius 2 is 0.711 bits per heavy atom. The van der Waals surface area contributed by atoms with Crippen molar-refractivity contribution in [3.63, 3.8) is 0 Å². The van der Waals surface area contributed by atoms with Crippen LogP contribution in [0.1, 0.15) is 219 Å². The Labute approximate surface area is 297 Å². The third kappa shape index (κ3) is 38.0. The molecule has 0 amide bonds. The van der Waals surface area contributed by atoms with Crippen molar-refractivity contribution in [3.05, 3.63) is 0 Å². The van der Waals surface area contributed by atoms with Crippen LogP contribution in [-0.2, 0) is 19.1 Å². The van der Waals surface area contributed by atoms with Gasteiger partial charge >= 0.3 is 35.8 Å². The number of aliphatic hydroxyl groups is 1. The van der Waals surface area contributed by atoms with E-state index in [9.17, 15) is 14.7 Å². The molecule has 45 heavy (non-hydrogen) atoms. The first-order chi connectivity index (χ1) is 21.6. The van der Waals surface area contributed by atoms with Crippen molar-refractivity contribution < 1.29 is 24.2 Å². The molecule has 0 saturated carbocycles. The molecule has 1 N–H and O–H groups in total. The molecule has 0 aromatic carbocycles. The van der Waals surface area contributed by atoms with E-state index in [-0.39, 0.29) is 49.1 Å². The van der Waals surface area contributed by atoms with Gasteiger partial charge in [0, 0.05) is 12.8 Å². The second-order valence-corrected chi connectivity index (χ2v) is 13.4. The summed E-state index contributed by atoms with van der Waals surface area (Å²) < 4.78 is 10.6. The maximum atomic E-state index is 12.1. The van der Waals surface area contributed by atoms with Crippen LogP contribution in [0.3, 0.4) is 0 Å². The zero-order valence-corrected chi connectivity index (χ0v) is 34.4. The minimum absolute atomic E-state index is 0. The monoisotopic (exact) mass is 746 g/mol. The second kappa shape index (κ2) is 39.9. The number of aliphatic hydroxyl groups excluding tert-OH is 1. The number of esters is 2. The average molecular weight is 746 g/mol. The number of ether oxygens (including phenoxy) is 2. The standard InChI is InChI=1S/C39H76O5.Sn.2H/c1-3-5-7-9-11-13-15-17-19-21-23-25-27-29-31-33-38(41)43-36-37(35-40)44-39(42)34-32-30-28-26-24-22-20-18-16-14-12-10-8-6-4-2;;;/h37,40H,3-36H2,1-2H3;;;. The van der Waals surface area contributed by atoms with Gasteiger partial charge < -0.3 is 14.6 Å². The SMILES string of the molecule is CCCCCCCCCCCCCCCCCC(=O)OCC(CO)OC(=O)CCCCCCCCCCCCCCCCC.[SnH2]. The fourth-order valence-corrected chi connectivity index (χ4v) is 5.91. The third-order valence-corrected chi connectivity index (χ3v) is 8.90. The summed E-state index contributed by atoms with van der Waals surface area (Å²) in [6.07, 6.45) is 38.7. The number of unbranched alkanes of at least 4 members (excludes halogenated alkanes) is 28. The van der Waals surface area contributed by atoms with Crippen LogP contribution in [-0.4, -0.2) is 60.3 Å². The summed E-state index contributed by atoms with van der Waals surface area (Å²) >= 11 is 0. The summed E-state index contributed by atoms with van der Waals surface area (Å²) in [5.41, 5.74) is 0. The van der Waals surface area contributed by atoms with E-state index in [4.69, 9.17) is 9.47 Å². The van der Waals surface area contributed by atoms with E-state index in [0.717, 1.165) is 32.1 Å². The van der Waals surface area contributed by atoms with Gasteiger partial charge in [-0.25, -0.2) is 0 Å². The van der Waals surface area contributed by atoms with Crippen LogP contribution in [0.2, 0.25) is 0 Å². The molecule has 0 fully saturated rings. The topological polar surface area (TPSA) is 72.8 Å². The molecule has 0 aliphatic carbocycles. The van der Waals surface area contributed by atoms with Gasteiger partial charge in [0.1, 0.15) is 6.61 Å². The predicted molar refractivity (Wildman–Crippen MR) is 196 cm³/mol. The van der Waals surface area contributed by atoms with E-state index in [1.165, 1.54) is 161 Å². The van der Waals surface area contributed by atoms with Crippen LogP contribution in [0.15, 0.2) is 0 Å². The molecule has 2 radical (unpaired) electrons. The molecule has 0 spiro atoms. The van der Waals surface area contributed by atoms with Gasteiger partial charge in [0.2, 0.25) is 0 Å². The first kappa shape index (κ1) is 46.8. The van der Waals surface area contributed by atoms with Crippen molar-refractivity contribution in [1.82, 2.24) is 0 Å². The van der Waals surface area contributed by atoms with Gasteiger partial charge in [0.15, 0.2) is 6.10 Å². The fraction of sp³-hybridized carbons (Fsp3) is 0.949. The van der Waals surface area contributed by atoms with Crippen molar-refractivity contribution in [3.8, 4) is 0 Å². The van der Waals surface area contributed by atoms with Crippen LogP contribution in [0.4, 0.5) is 0 Å². The summed E-state index contributed by atoms with van der Waals surface area (Å²) in [6, 6.07) is 0. The van der Waals surface area contributed by atoms with Crippen LogP contribution in [0, 0.1) is 0 Å². The molecule has 5 nitrogen and oxygen atoms in total. The van der Waals surface area contributed by atoms with Crippen molar-refractivity contribution in [1.29, 1.82) is 0 Å². The summed E-state index contributed by atoms with van der Waals surface area (Å²) in [6.45, 7) is 4.16. The quantitative estimate of drug-likeness (QED) is 0.0393. The van der Waals surface area contributed by atoms with Crippen molar-refractivity contribution in [2.45, 2.75) is 225 Å². The molecule has 0 aromatic rings. The van der Waals surface area contributed by atoms with E-state index in [1.807, 2.05) is 0 Å². The molecule has 0 aliphatic rings. The Morgan fingerprint density at radius 1 is 0.444 bits per heavy atom. The van der Waals surface area contributed by atoms with Crippen molar-refractivity contribution >= 4 is 35.8 Å². The third-order valence-electron chi connectivity index (χ3n) is 8.90. The van der Waals surface area contributed by atoms with E-state index in [2.05, 4.69) is 13.8 Å². The molecule has 6 heteroatoms. The van der Waals surface area contributed by atoms with Crippen LogP contribution >= 0.6 is 0 Å². The zero-order chi connectivity index (χ0) is 32.2. The van der Waals surface area contributed by atoms with E-state index in [0.29, 0.717) is 12.8 Å². The molecule has 1 unspecified atom stereocenters. The van der Waals surface area contributed by atoms with E-state index in [1.54, 1.807) is 0 Å². The molecular formula is C39H78O5Sn. The van der Waals surface area contributed by atoms with Crippen molar-refractivity contribution in [2.24, 2.45) is 0 Å². The Bertz CT molecular complexity index is 600. The van der Waals surface area contributed by atoms with E-state index >= 15 is 0 Å². The molecule has 0 aromatic heterocycles. The zero-order valence-electron chi connectivity index (χ0n) is 30.4. The second-order valence-electron chi connectivity index (χ2n) is 13.4. The molecule has 0 saturated heterocycles. The number of hydrogen-bond donors (Lipinski definition) is 1. The van der Waals surface area contributed by atoms with Crippen LogP contribution < -0.4 is 0 Å². The van der Waals surface area contributed by atoms with Crippen LogP contribution in [0.25, 0.3) is 0 Å². The van der Waals surface area contributed by atoms with E-state index < -0.39 is 6.10 Å². The number of carbonyl (C=O) groups is 2. The molecular weight excluding hydrogens is 667 g/mol. The first-order valence-corrected chi connectivity index (χ1v) is 19.6. The fourth-order valence-electron chi connectivity index (χ4n) is 5.91. The number of rotatable bonds is 36. The van der Waals surface area contributed by atoms with Gasteiger partial charge in [0.25, 0.3) is 0 Å². The first-order valence-electron chi connectivity index (χ1n) is 19.6.